The summed E-state index contributed by atoms with van der Waals surface area (Å²) in [6.45, 7) is 1.20. The highest BCUT2D eigenvalue weighted by Gasteiger charge is 2.38. The van der Waals surface area contributed by atoms with E-state index < -0.39 is 22.6 Å². The molecule has 1 aromatic carbocycles. The van der Waals surface area contributed by atoms with Gasteiger partial charge in [-0.2, -0.15) is 13.2 Å². The zero-order valence-electron chi connectivity index (χ0n) is 10.3. The summed E-state index contributed by atoms with van der Waals surface area (Å²) in [6.07, 6.45) is -3.73. The number of rotatable bonds is 2. The van der Waals surface area contributed by atoms with Crippen molar-refractivity contribution in [2.75, 3.05) is 0 Å². The number of alkyl halides is 3. The van der Waals surface area contributed by atoms with Crippen LogP contribution in [0.15, 0.2) is 18.3 Å². The van der Waals surface area contributed by atoms with Gasteiger partial charge in [-0.3, -0.25) is 0 Å². The molecular weight excluding hydrogens is 353 g/mol. The molecule has 0 fully saturated rings. The predicted molar refractivity (Wildman–Crippen MR) is 72.2 cm³/mol. The lowest BCUT2D eigenvalue weighted by atomic mass is 9.94. The maximum Gasteiger partial charge on any atom is 0.443 e. The zero-order chi connectivity index (χ0) is 16.0. The van der Waals surface area contributed by atoms with Crippen LogP contribution in [0.4, 0.5) is 17.6 Å². The Labute approximate surface area is 131 Å². The first-order chi connectivity index (χ1) is 9.53. The lowest BCUT2D eigenvalue weighted by molar-refractivity contribution is -0.137. The third kappa shape index (κ3) is 3.15. The molecule has 2 aromatic rings. The molecule has 0 aliphatic heterocycles. The predicted octanol–water partition coefficient (Wildman–Crippen LogP) is 4.86. The first-order valence-corrected chi connectivity index (χ1v) is 7.01. The van der Waals surface area contributed by atoms with Crippen LogP contribution in [-0.2, 0) is 11.8 Å². The summed E-state index contributed by atoms with van der Waals surface area (Å²) >= 11 is 11.7. The van der Waals surface area contributed by atoms with Gasteiger partial charge in [0.1, 0.15) is 11.4 Å². The molecule has 2 rings (SSSR count). The van der Waals surface area contributed by atoms with Gasteiger partial charge in [-0.15, -0.1) is 11.3 Å². The van der Waals surface area contributed by atoms with Crippen LogP contribution in [0, 0.1) is 5.82 Å². The monoisotopic (exact) mass is 359 g/mol. The number of thiazole rings is 1. The Morgan fingerprint density at radius 3 is 2.33 bits per heavy atom. The summed E-state index contributed by atoms with van der Waals surface area (Å²) in [5.74, 6) is -0.836. The number of nitrogens with zero attached hydrogens (tertiary/aromatic N) is 1. The van der Waals surface area contributed by atoms with Gasteiger partial charge in [-0.25, -0.2) is 9.37 Å². The molecule has 0 amide bonds. The van der Waals surface area contributed by atoms with E-state index in [1.54, 1.807) is 0 Å². The van der Waals surface area contributed by atoms with Gasteiger partial charge in [0.15, 0.2) is 5.01 Å². The molecule has 1 N–H and O–H groups in total. The van der Waals surface area contributed by atoms with Gasteiger partial charge in [0.2, 0.25) is 0 Å². The standard InChI is InChI=1S/C12H7Cl2F4NOS/c1-11(20,5-2-8(15)7(14)3-6(5)13)9-4-19-10(21-9)12(16,17)18/h2-4,20H,1H3. The van der Waals surface area contributed by atoms with Gasteiger partial charge in [-0.05, 0) is 19.1 Å². The molecule has 0 bridgehead atoms. The van der Waals surface area contributed by atoms with E-state index in [0.717, 1.165) is 18.3 Å². The Bertz CT molecular complexity index is 684. The number of aromatic nitrogens is 1. The van der Waals surface area contributed by atoms with E-state index in [-0.39, 0.29) is 31.8 Å². The Balaban J connectivity index is 2.52. The minimum Gasteiger partial charge on any atom is -0.380 e. The van der Waals surface area contributed by atoms with Crippen molar-refractivity contribution in [1.29, 1.82) is 0 Å². The van der Waals surface area contributed by atoms with Crippen molar-refractivity contribution < 1.29 is 22.7 Å². The quantitative estimate of drug-likeness (QED) is 0.613. The van der Waals surface area contributed by atoms with E-state index in [4.69, 9.17) is 23.2 Å². The van der Waals surface area contributed by atoms with Crippen LogP contribution in [0.5, 0.6) is 0 Å². The van der Waals surface area contributed by atoms with Crippen molar-refractivity contribution in [3.63, 3.8) is 0 Å². The van der Waals surface area contributed by atoms with Gasteiger partial charge in [0.05, 0.1) is 9.90 Å². The third-order valence-electron chi connectivity index (χ3n) is 2.76. The first kappa shape index (κ1) is 16.5. The van der Waals surface area contributed by atoms with Crippen LogP contribution >= 0.6 is 34.5 Å². The van der Waals surface area contributed by atoms with Crippen molar-refractivity contribution in [1.82, 2.24) is 4.98 Å². The molecule has 0 spiro atoms. The lowest BCUT2D eigenvalue weighted by Gasteiger charge is -2.23. The average molecular weight is 360 g/mol. The number of aliphatic hydroxyl groups is 1. The molecule has 1 aromatic heterocycles. The van der Waals surface area contributed by atoms with Crippen molar-refractivity contribution in [2.24, 2.45) is 0 Å². The first-order valence-electron chi connectivity index (χ1n) is 5.44. The Morgan fingerprint density at radius 1 is 1.19 bits per heavy atom. The summed E-state index contributed by atoms with van der Waals surface area (Å²) < 4.78 is 51.2. The van der Waals surface area contributed by atoms with E-state index in [2.05, 4.69) is 4.98 Å². The van der Waals surface area contributed by atoms with Crippen LogP contribution in [0.3, 0.4) is 0 Å². The Kier molecular flexibility index (Phi) is 4.23. The Morgan fingerprint density at radius 2 is 1.81 bits per heavy atom. The smallest absolute Gasteiger partial charge is 0.380 e. The van der Waals surface area contributed by atoms with Crippen LogP contribution in [0.1, 0.15) is 22.4 Å². The average Bonchev–Trinajstić information content (AvgIpc) is 2.83. The van der Waals surface area contributed by atoms with Gasteiger partial charge < -0.3 is 5.11 Å². The van der Waals surface area contributed by atoms with E-state index in [1.165, 1.54) is 6.92 Å². The molecule has 21 heavy (non-hydrogen) atoms. The number of hydrogen-bond donors (Lipinski definition) is 1. The van der Waals surface area contributed by atoms with E-state index >= 15 is 0 Å². The van der Waals surface area contributed by atoms with Gasteiger partial charge in [0, 0.05) is 16.8 Å². The van der Waals surface area contributed by atoms with Crippen LogP contribution in [-0.4, -0.2) is 10.1 Å². The molecule has 0 aliphatic carbocycles. The van der Waals surface area contributed by atoms with Crippen LogP contribution < -0.4 is 0 Å². The van der Waals surface area contributed by atoms with E-state index in [9.17, 15) is 22.7 Å². The Hall–Kier alpha value is -0.890. The maximum absolute atomic E-state index is 13.5. The van der Waals surface area contributed by atoms with Crippen LogP contribution in [0.2, 0.25) is 10.0 Å². The second-order valence-electron chi connectivity index (χ2n) is 4.35. The molecule has 0 saturated heterocycles. The second-order valence-corrected chi connectivity index (χ2v) is 6.19. The summed E-state index contributed by atoms with van der Waals surface area (Å²) in [5.41, 5.74) is -2.02. The van der Waals surface area contributed by atoms with Crippen molar-refractivity contribution in [3.8, 4) is 0 Å². The fourth-order valence-electron chi connectivity index (χ4n) is 1.66. The minimum absolute atomic E-state index is 0.0617. The van der Waals surface area contributed by atoms with E-state index in [0.29, 0.717) is 0 Å². The molecule has 114 valence electrons. The second kappa shape index (κ2) is 5.39. The summed E-state index contributed by atoms with van der Waals surface area (Å²) in [6, 6.07) is 1.96. The molecule has 0 saturated carbocycles. The van der Waals surface area contributed by atoms with Gasteiger partial charge >= 0.3 is 6.18 Å². The molecule has 0 radical (unpaired) electrons. The summed E-state index contributed by atoms with van der Waals surface area (Å²) in [7, 11) is 0. The summed E-state index contributed by atoms with van der Waals surface area (Å²) in [4.78, 5) is 3.11. The number of benzene rings is 1. The van der Waals surface area contributed by atoms with Gasteiger partial charge in [0.25, 0.3) is 0 Å². The SMILES string of the molecule is CC(O)(c1cnc(C(F)(F)F)s1)c1cc(F)c(Cl)cc1Cl. The highest BCUT2D eigenvalue weighted by Crippen LogP contribution is 2.41. The van der Waals surface area contributed by atoms with Crippen molar-refractivity contribution >= 4 is 34.5 Å². The fourth-order valence-corrected chi connectivity index (χ4v) is 3.07. The summed E-state index contributed by atoms with van der Waals surface area (Å²) in [5, 5.41) is 9.02. The highest BCUT2D eigenvalue weighted by atomic mass is 35.5. The molecule has 1 atom stereocenters. The van der Waals surface area contributed by atoms with Crippen molar-refractivity contribution in [3.05, 3.63) is 49.6 Å². The molecule has 2 nitrogen and oxygen atoms in total. The van der Waals surface area contributed by atoms with Crippen molar-refractivity contribution in [2.45, 2.75) is 18.7 Å². The molecule has 1 heterocycles. The van der Waals surface area contributed by atoms with Crippen LogP contribution in [0.25, 0.3) is 0 Å². The minimum atomic E-state index is -4.62. The normalized spacial score (nSPS) is 15.0. The topological polar surface area (TPSA) is 33.1 Å². The molecule has 0 aliphatic rings. The largest absolute Gasteiger partial charge is 0.443 e. The fraction of sp³-hybridized carbons (Fsp3) is 0.250. The number of halogens is 6. The number of hydrogen-bond acceptors (Lipinski definition) is 3. The van der Waals surface area contributed by atoms with Gasteiger partial charge in [-0.1, -0.05) is 23.2 Å². The highest BCUT2D eigenvalue weighted by molar-refractivity contribution is 7.11. The maximum atomic E-state index is 13.5. The zero-order valence-corrected chi connectivity index (χ0v) is 12.6. The molecule has 9 heteroatoms. The third-order valence-corrected chi connectivity index (χ3v) is 4.62. The van der Waals surface area contributed by atoms with E-state index in [1.807, 2.05) is 0 Å². The molecule has 1 unspecified atom stereocenters. The molecular formula is C12H7Cl2F4NOS. The lowest BCUT2D eigenvalue weighted by Crippen LogP contribution is -2.22.